The van der Waals surface area contributed by atoms with Crippen LogP contribution in [0.5, 0.6) is 0 Å². The van der Waals surface area contributed by atoms with Crippen molar-refractivity contribution in [2.75, 3.05) is 13.6 Å². The molecule has 3 nitrogen and oxygen atoms in total. The fraction of sp³-hybridized carbons (Fsp3) is 0.900. The van der Waals surface area contributed by atoms with Crippen molar-refractivity contribution >= 4 is 5.78 Å². The fourth-order valence-corrected chi connectivity index (χ4v) is 10.6. The van der Waals surface area contributed by atoms with Crippen LogP contribution in [0.25, 0.3) is 0 Å². The van der Waals surface area contributed by atoms with Gasteiger partial charge in [-0.2, -0.15) is 0 Å². The number of rotatable bonds is 0. The minimum atomic E-state index is 0.0505. The normalized spacial score (nSPS) is 54.6. The van der Waals surface area contributed by atoms with Gasteiger partial charge in [0.2, 0.25) is 0 Å². The summed E-state index contributed by atoms with van der Waals surface area (Å²) in [6.07, 6.45) is 12.0. The van der Waals surface area contributed by atoms with E-state index in [1.165, 1.54) is 45.1 Å². The summed E-state index contributed by atoms with van der Waals surface area (Å²) in [5.41, 5.74) is 4.10. The summed E-state index contributed by atoms with van der Waals surface area (Å²) in [6.45, 7) is 13.6. The van der Waals surface area contributed by atoms with Gasteiger partial charge >= 0.3 is 0 Å². The fourth-order valence-electron chi connectivity index (χ4n) is 10.6. The highest BCUT2D eigenvalue weighted by Crippen LogP contribution is 2.69. The van der Waals surface area contributed by atoms with Crippen LogP contribution in [-0.4, -0.2) is 42.0 Å². The molecule has 4 aliphatic carbocycles. The van der Waals surface area contributed by atoms with Crippen LogP contribution in [0.2, 0.25) is 0 Å². The van der Waals surface area contributed by atoms with E-state index in [1.807, 2.05) is 5.57 Å². The second-order valence-electron chi connectivity index (χ2n) is 14.1. The number of likely N-dealkylation sites (tertiary alicyclic amines) is 1. The van der Waals surface area contributed by atoms with Gasteiger partial charge in [-0.25, -0.2) is 0 Å². The maximum Gasteiger partial charge on any atom is 0.133 e. The van der Waals surface area contributed by atoms with E-state index in [0.717, 1.165) is 49.4 Å². The number of fused-ring (bicyclic) bond motifs is 6. The molecule has 0 aromatic carbocycles. The predicted octanol–water partition coefficient (Wildman–Crippen LogP) is 6.41. The molecule has 5 fully saturated rings. The Morgan fingerprint density at radius 1 is 1.06 bits per heavy atom. The summed E-state index contributed by atoms with van der Waals surface area (Å²) in [6, 6.07) is 0.596. The average Bonchev–Trinajstić information content (AvgIpc) is 3.19. The molecule has 2 heterocycles. The number of likely N-dealkylation sites (N-methyl/N-ethyl adjacent to an activating group) is 1. The van der Waals surface area contributed by atoms with E-state index < -0.39 is 0 Å². The zero-order valence-corrected chi connectivity index (χ0v) is 22.1. The molecule has 10 atom stereocenters. The largest absolute Gasteiger partial charge is 0.369 e. The van der Waals surface area contributed by atoms with Crippen molar-refractivity contribution < 1.29 is 9.53 Å². The van der Waals surface area contributed by atoms with Gasteiger partial charge < -0.3 is 9.64 Å². The maximum atomic E-state index is 12.4. The highest BCUT2D eigenvalue weighted by molar-refractivity contribution is 5.80. The van der Waals surface area contributed by atoms with E-state index in [9.17, 15) is 4.79 Å². The zero-order chi connectivity index (χ0) is 23.3. The molecular weight excluding hydrogens is 406 g/mol. The second kappa shape index (κ2) is 7.42. The number of carbonyl (C=O) groups is 1. The van der Waals surface area contributed by atoms with Gasteiger partial charge in [0.1, 0.15) is 5.78 Å². The van der Waals surface area contributed by atoms with Crippen molar-refractivity contribution in [1.29, 1.82) is 0 Å². The Morgan fingerprint density at radius 3 is 2.64 bits per heavy atom. The van der Waals surface area contributed by atoms with E-state index >= 15 is 0 Å². The first-order valence-corrected chi connectivity index (χ1v) is 14.2. The lowest BCUT2D eigenvalue weighted by atomic mass is 9.45. The highest BCUT2D eigenvalue weighted by atomic mass is 16.5. The summed E-state index contributed by atoms with van der Waals surface area (Å²) >= 11 is 0. The smallest absolute Gasteiger partial charge is 0.133 e. The number of allylic oxidation sites excluding steroid dienone is 1. The Hall–Kier alpha value is -0.670. The number of nitrogens with zero attached hydrogens (tertiary/aromatic N) is 1. The number of ether oxygens (including phenoxy) is 1. The molecule has 33 heavy (non-hydrogen) atoms. The topological polar surface area (TPSA) is 29.5 Å². The van der Waals surface area contributed by atoms with Crippen LogP contribution in [0.1, 0.15) is 98.8 Å². The van der Waals surface area contributed by atoms with Crippen LogP contribution in [0.4, 0.5) is 0 Å². The summed E-state index contributed by atoms with van der Waals surface area (Å²) in [5.74, 6) is 4.25. The standard InChI is InChI=1S/C30H47NO2/c1-18-13-26-27(31(6)17-18)20(3)30(33-26)12-9-22-23-8-10-28(4)16-21(32)7-11-29(28,5)25(23)14-24(22)19(2)15-30/h18,20,22-23,25-27H,7-17H2,1-6H3/t18-,20+,22-,23-,25-,26+,27-,28+,29+,30-/m0/s1. The molecule has 184 valence electrons. The minimum Gasteiger partial charge on any atom is -0.369 e. The number of hydrogen-bond acceptors (Lipinski definition) is 3. The monoisotopic (exact) mass is 453 g/mol. The van der Waals surface area contributed by atoms with Gasteiger partial charge in [0, 0.05) is 31.3 Å². The lowest BCUT2D eigenvalue weighted by molar-refractivity contribution is -0.142. The highest BCUT2D eigenvalue weighted by Gasteiger charge is 2.62. The van der Waals surface area contributed by atoms with Crippen molar-refractivity contribution in [1.82, 2.24) is 4.90 Å². The molecule has 0 aromatic rings. The van der Waals surface area contributed by atoms with Crippen LogP contribution in [-0.2, 0) is 9.53 Å². The van der Waals surface area contributed by atoms with E-state index in [1.54, 1.807) is 5.57 Å². The Balaban J connectivity index is 1.30. The minimum absolute atomic E-state index is 0.0505. The summed E-state index contributed by atoms with van der Waals surface area (Å²) in [5, 5.41) is 0. The number of carbonyl (C=O) groups excluding carboxylic acids is 1. The van der Waals surface area contributed by atoms with Crippen molar-refractivity contribution in [3.05, 3.63) is 11.1 Å². The van der Waals surface area contributed by atoms with E-state index in [0.29, 0.717) is 29.3 Å². The van der Waals surface area contributed by atoms with Crippen molar-refractivity contribution in [3.63, 3.8) is 0 Å². The molecule has 0 radical (unpaired) electrons. The lowest BCUT2D eigenvalue weighted by Gasteiger charge is -2.58. The first kappa shape index (κ1) is 22.8. The van der Waals surface area contributed by atoms with Crippen LogP contribution >= 0.6 is 0 Å². The second-order valence-corrected chi connectivity index (χ2v) is 14.1. The molecule has 0 aromatic heterocycles. The van der Waals surface area contributed by atoms with Gasteiger partial charge in [-0.1, -0.05) is 38.8 Å². The van der Waals surface area contributed by atoms with Gasteiger partial charge in [-0.3, -0.25) is 4.79 Å². The van der Waals surface area contributed by atoms with Crippen molar-refractivity contribution in [2.45, 2.75) is 117 Å². The molecule has 6 aliphatic rings. The molecule has 0 unspecified atom stereocenters. The van der Waals surface area contributed by atoms with E-state index in [4.69, 9.17) is 4.74 Å². The van der Waals surface area contributed by atoms with Gasteiger partial charge in [0.25, 0.3) is 0 Å². The summed E-state index contributed by atoms with van der Waals surface area (Å²) < 4.78 is 7.12. The van der Waals surface area contributed by atoms with Gasteiger partial charge in [-0.15, -0.1) is 0 Å². The summed E-state index contributed by atoms with van der Waals surface area (Å²) in [4.78, 5) is 15.0. The average molecular weight is 454 g/mol. The molecule has 6 rings (SSSR count). The van der Waals surface area contributed by atoms with Crippen molar-refractivity contribution in [2.24, 2.45) is 40.4 Å². The van der Waals surface area contributed by atoms with Crippen LogP contribution in [0.15, 0.2) is 11.1 Å². The summed E-state index contributed by atoms with van der Waals surface area (Å²) in [7, 11) is 2.34. The number of piperidine rings is 1. The van der Waals surface area contributed by atoms with Crippen LogP contribution < -0.4 is 0 Å². The van der Waals surface area contributed by atoms with Gasteiger partial charge in [-0.05, 0) is 99.8 Å². The number of hydrogen-bond donors (Lipinski definition) is 0. The van der Waals surface area contributed by atoms with Crippen molar-refractivity contribution in [3.8, 4) is 0 Å². The zero-order valence-electron chi connectivity index (χ0n) is 22.1. The maximum absolute atomic E-state index is 12.4. The third kappa shape index (κ3) is 3.09. The molecular formula is C30H47NO2. The molecule has 3 saturated carbocycles. The van der Waals surface area contributed by atoms with E-state index in [2.05, 4.69) is 46.6 Å². The Bertz CT molecular complexity index is 879. The Kier molecular flexibility index (Phi) is 5.12. The molecule has 2 aliphatic heterocycles. The SMILES string of the molecule is CC1=C2C[C@H]3[C@@H](CC[C@]4(C)CC(=O)CC[C@]34C)[C@@H]2CC[C@@]2(C1)O[C@@H]1C[C@H](C)CN(C)[C@H]1[C@H]2C. The molecule has 3 heteroatoms. The number of Topliss-reactive ketones (excluding diaryl/α,β-unsaturated/α-hetero) is 1. The molecule has 1 spiro atoms. The Labute approximate surface area is 202 Å². The van der Waals surface area contributed by atoms with E-state index in [-0.39, 0.29) is 11.0 Å². The molecule has 0 amide bonds. The lowest BCUT2D eigenvalue weighted by Crippen LogP contribution is -2.52. The number of ketones is 1. The van der Waals surface area contributed by atoms with Crippen LogP contribution in [0.3, 0.4) is 0 Å². The first-order valence-electron chi connectivity index (χ1n) is 14.2. The molecule has 2 saturated heterocycles. The third-order valence-electron chi connectivity index (χ3n) is 12.5. The first-order chi connectivity index (χ1) is 15.6. The van der Waals surface area contributed by atoms with Crippen LogP contribution in [0, 0.1) is 40.4 Å². The van der Waals surface area contributed by atoms with Gasteiger partial charge in [0.05, 0.1) is 11.7 Å². The molecule has 0 N–H and O–H groups in total. The quantitative estimate of drug-likeness (QED) is 0.397. The Morgan fingerprint density at radius 2 is 1.85 bits per heavy atom. The third-order valence-corrected chi connectivity index (χ3v) is 12.5. The predicted molar refractivity (Wildman–Crippen MR) is 133 cm³/mol. The van der Waals surface area contributed by atoms with Gasteiger partial charge in [0.15, 0.2) is 0 Å². The molecule has 0 bridgehead atoms.